The lowest BCUT2D eigenvalue weighted by Crippen LogP contribution is -2.40. The van der Waals surface area contributed by atoms with E-state index in [1.165, 1.54) is 47.4 Å². The van der Waals surface area contributed by atoms with Crippen molar-refractivity contribution in [3.05, 3.63) is 71.8 Å². The van der Waals surface area contributed by atoms with E-state index in [0.717, 1.165) is 12.5 Å². The first-order chi connectivity index (χ1) is 15.8. The Bertz CT molecular complexity index is 1180. The summed E-state index contributed by atoms with van der Waals surface area (Å²) in [7, 11) is 0. The molecule has 4 aliphatic carbocycles. The molecule has 0 aromatic heterocycles. The lowest BCUT2D eigenvalue weighted by atomic mass is 9.63. The van der Waals surface area contributed by atoms with Crippen molar-refractivity contribution >= 4 is 29.1 Å². The van der Waals surface area contributed by atoms with Crippen LogP contribution in [0.15, 0.2) is 60.7 Å². The maximum Gasteiger partial charge on any atom is 0.418 e. The van der Waals surface area contributed by atoms with Crippen LogP contribution in [-0.4, -0.2) is 17.7 Å². The third kappa shape index (κ3) is 2.96. The van der Waals surface area contributed by atoms with Gasteiger partial charge >= 0.3 is 6.18 Å². The fraction of sp³-hybridized carbons (Fsp3) is 0.320. The zero-order valence-corrected chi connectivity index (χ0v) is 17.3. The van der Waals surface area contributed by atoms with Gasteiger partial charge in [0.2, 0.25) is 11.8 Å². The summed E-state index contributed by atoms with van der Waals surface area (Å²) in [5, 5.41) is 2.30. The van der Waals surface area contributed by atoms with E-state index in [9.17, 15) is 27.6 Å². The van der Waals surface area contributed by atoms with Crippen LogP contribution in [-0.2, 0) is 15.8 Å². The second-order valence-electron chi connectivity index (χ2n) is 9.21. The highest BCUT2D eigenvalue weighted by molar-refractivity contribution is 6.22. The van der Waals surface area contributed by atoms with Crippen molar-refractivity contribution in [1.29, 1.82) is 0 Å². The predicted octanol–water partition coefficient (Wildman–Crippen LogP) is 4.52. The maximum absolute atomic E-state index is 13.2. The van der Waals surface area contributed by atoms with Crippen LogP contribution in [0.25, 0.3) is 0 Å². The number of halogens is 3. The van der Waals surface area contributed by atoms with Gasteiger partial charge in [-0.05, 0) is 66.5 Å². The summed E-state index contributed by atoms with van der Waals surface area (Å²) in [6, 6.07) is 10.5. The standard InChI is InChI=1S/C25H19F3N2O3/c26-25(27,28)18-3-1-2-4-19(18)29-22(31)12-5-7-13(8-6-12)30-23(32)20-14-9-10-15(17-11-16(14)17)21(20)24(30)33/h1-10,14-17,20-21H,11H2,(H,29,31)/t14-,15-,16-,17+,20-,21+/m0/s1. The zero-order chi connectivity index (χ0) is 23.1. The van der Waals surface area contributed by atoms with Crippen molar-refractivity contribution in [2.24, 2.45) is 35.5 Å². The second kappa shape index (κ2) is 6.79. The molecule has 5 aliphatic rings. The van der Waals surface area contributed by atoms with Crippen LogP contribution in [0.3, 0.4) is 0 Å². The molecule has 8 heteroatoms. The molecule has 1 heterocycles. The van der Waals surface area contributed by atoms with Crippen molar-refractivity contribution in [2.45, 2.75) is 12.6 Å². The van der Waals surface area contributed by atoms with Crippen molar-refractivity contribution < 1.29 is 27.6 Å². The summed E-state index contributed by atoms with van der Waals surface area (Å²) in [6.45, 7) is 0. The van der Waals surface area contributed by atoms with Gasteiger partial charge in [0.1, 0.15) is 0 Å². The first-order valence-corrected chi connectivity index (χ1v) is 10.9. The molecule has 0 unspecified atom stereocenters. The molecule has 2 saturated carbocycles. The van der Waals surface area contributed by atoms with Crippen LogP contribution >= 0.6 is 0 Å². The number of anilines is 2. The molecule has 3 fully saturated rings. The quantitative estimate of drug-likeness (QED) is 0.550. The zero-order valence-electron chi connectivity index (χ0n) is 17.3. The highest BCUT2D eigenvalue weighted by Crippen LogP contribution is 2.65. The van der Waals surface area contributed by atoms with Crippen LogP contribution in [0.2, 0.25) is 0 Å². The second-order valence-corrected chi connectivity index (χ2v) is 9.21. The molecule has 0 spiro atoms. The number of benzene rings is 2. The van der Waals surface area contributed by atoms with E-state index >= 15 is 0 Å². The monoisotopic (exact) mass is 452 g/mol. The molecule has 5 nitrogen and oxygen atoms in total. The fourth-order valence-electron chi connectivity index (χ4n) is 6.01. The van der Waals surface area contributed by atoms with Gasteiger partial charge in [-0.2, -0.15) is 13.2 Å². The van der Waals surface area contributed by atoms with Gasteiger partial charge < -0.3 is 5.32 Å². The number of nitrogens with one attached hydrogen (secondary N) is 1. The van der Waals surface area contributed by atoms with Crippen molar-refractivity contribution in [3.8, 4) is 0 Å². The number of alkyl halides is 3. The molecular formula is C25H19F3N2O3. The molecule has 2 aromatic rings. The molecule has 6 atom stereocenters. The number of hydrogen-bond donors (Lipinski definition) is 1. The van der Waals surface area contributed by atoms with Crippen molar-refractivity contribution in [1.82, 2.24) is 0 Å². The minimum Gasteiger partial charge on any atom is -0.321 e. The number of imide groups is 1. The number of amides is 3. The van der Waals surface area contributed by atoms with E-state index in [1.54, 1.807) is 0 Å². The van der Waals surface area contributed by atoms with Crippen LogP contribution in [0.5, 0.6) is 0 Å². The number of carbonyl (C=O) groups excluding carboxylic acids is 3. The fourth-order valence-corrected chi connectivity index (χ4v) is 6.01. The molecule has 0 radical (unpaired) electrons. The Morgan fingerprint density at radius 3 is 2.03 bits per heavy atom. The highest BCUT2D eigenvalue weighted by atomic mass is 19.4. The van der Waals surface area contributed by atoms with Gasteiger partial charge in [0.25, 0.3) is 5.91 Å². The van der Waals surface area contributed by atoms with Gasteiger partial charge in [0.15, 0.2) is 0 Å². The van der Waals surface area contributed by atoms with E-state index in [-0.39, 0.29) is 46.7 Å². The smallest absolute Gasteiger partial charge is 0.321 e. The summed E-state index contributed by atoms with van der Waals surface area (Å²) >= 11 is 0. The van der Waals surface area contributed by atoms with Gasteiger partial charge in [0.05, 0.1) is 28.8 Å². The lowest BCUT2D eigenvalue weighted by molar-refractivity contribution is -0.137. The summed E-state index contributed by atoms with van der Waals surface area (Å²) in [6.07, 6.45) is 0.675. The Morgan fingerprint density at radius 1 is 0.879 bits per heavy atom. The third-order valence-electron chi connectivity index (χ3n) is 7.53. The van der Waals surface area contributed by atoms with Gasteiger partial charge in [0, 0.05) is 5.56 Å². The number of carbonyl (C=O) groups is 3. The molecular weight excluding hydrogens is 433 g/mol. The Morgan fingerprint density at radius 2 is 1.45 bits per heavy atom. The third-order valence-corrected chi connectivity index (χ3v) is 7.53. The normalized spacial score (nSPS) is 31.4. The van der Waals surface area contributed by atoms with Crippen LogP contribution < -0.4 is 10.2 Å². The van der Waals surface area contributed by atoms with Crippen LogP contribution in [0.1, 0.15) is 22.3 Å². The molecule has 1 aliphatic heterocycles. The van der Waals surface area contributed by atoms with Crippen molar-refractivity contribution in [3.63, 3.8) is 0 Å². The predicted molar refractivity (Wildman–Crippen MR) is 113 cm³/mol. The maximum atomic E-state index is 13.2. The van der Waals surface area contributed by atoms with E-state index in [2.05, 4.69) is 17.5 Å². The topological polar surface area (TPSA) is 66.5 Å². The Hall–Kier alpha value is -3.42. The number of hydrogen-bond acceptors (Lipinski definition) is 3. The van der Waals surface area contributed by atoms with Gasteiger partial charge in [-0.25, -0.2) is 0 Å². The Labute approximate surface area is 187 Å². The number of allylic oxidation sites excluding steroid dienone is 2. The first kappa shape index (κ1) is 20.2. The minimum absolute atomic E-state index is 0.116. The molecule has 3 amide bonds. The van der Waals surface area contributed by atoms with E-state index in [1.807, 2.05) is 0 Å². The average molecular weight is 452 g/mol. The van der Waals surface area contributed by atoms with E-state index in [4.69, 9.17) is 0 Å². The molecule has 1 saturated heterocycles. The molecule has 168 valence electrons. The van der Waals surface area contributed by atoms with Gasteiger partial charge in [-0.3, -0.25) is 19.3 Å². The minimum atomic E-state index is -4.60. The summed E-state index contributed by atoms with van der Waals surface area (Å²) in [5.41, 5.74) is -0.781. The molecule has 33 heavy (non-hydrogen) atoms. The molecule has 2 aromatic carbocycles. The summed E-state index contributed by atoms with van der Waals surface area (Å²) < 4.78 is 39.6. The van der Waals surface area contributed by atoms with E-state index in [0.29, 0.717) is 17.5 Å². The molecule has 7 rings (SSSR count). The highest BCUT2D eigenvalue weighted by Gasteiger charge is 2.67. The largest absolute Gasteiger partial charge is 0.418 e. The summed E-state index contributed by atoms with van der Waals surface area (Å²) in [4.78, 5) is 40.1. The Balaban J connectivity index is 1.23. The van der Waals surface area contributed by atoms with E-state index < -0.39 is 17.6 Å². The SMILES string of the molecule is O=C(Nc1ccccc1C(F)(F)F)c1ccc(N2C(=O)[C@@H]3[C@H]4C=C[C@@H]([C@@H]5C[C@H]45)[C@@H]3C2=O)cc1. The van der Waals surface area contributed by atoms with Crippen LogP contribution in [0, 0.1) is 35.5 Å². The van der Waals surface area contributed by atoms with Gasteiger partial charge in [-0.15, -0.1) is 0 Å². The number of para-hydroxylation sites is 1. The Kier molecular flexibility index (Phi) is 4.16. The number of nitrogens with zero attached hydrogens (tertiary/aromatic N) is 1. The number of rotatable bonds is 3. The molecule has 1 N–H and O–H groups in total. The molecule has 2 bridgehead atoms. The van der Waals surface area contributed by atoms with Crippen LogP contribution in [0.4, 0.5) is 24.5 Å². The summed E-state index contributed by atoms with van der Waals surface area (Å²) in [5.74, 6) is -0.524. The first-order valence-electron chi connectivity index (χ1n) is 10.9. The van der Waals surface area contributed by atoms with Gasteiger partial charge in [-0.1, -0.05) is 24.3 Å². The lowest BCUT2D eigenvalue weighted by Gasteiger charge is -2.37. The van der Waals surface area contributed by atoms with Crippen molar-refractivity contribution in [2.75, 3.05) is 10.2 Å². The average Bonchev–Trinajstić information content (AvgIpc) is 3.57.